The zero-order valence-corrected chi connectivity index (χ0v) is 8.31. The van der Waals surface area contributed by atoms with E-state index in [0.29, 0.717) is 6.42 Å². The van der Waals surface area contributed by atoms with Gasteiger partial charge in [0.25, 0.3) is 0 Å². The van der Waals surface area contributed by atoms with Crippen molar-refractivity contribution in [2.24, 2.45) is 5.41 Å². The fourth-order valence-corrected chi connectivity index (χ4v) is 4.01. The summed E-state index contributed by atoms with van der Waals surface area (Å²) >= 11 is 0. The van der Waals surface area contributed by atoms with Gasteiger partial charge in [-0.1, -0.05) is 0 Å². The van der Waals surface area contributed by atoms with E-state index in [1.165, 1.54) is 0 Å². The predicted molar refractivity (Wildman–Crippen MR) is 49.2 cm³/mol. The second kappa shape index (κ2) is 2.93. The van der Waals surface area contributed by atoms with Crippen molar-refractivity contribution in [2.75, 3.05) is 24.6 Å². The van der Waals surface area contributed by atoms with Gasteiger partial charge in [-0.2, -0.15) is 0 Å². The summed E-state index contributed by atoms with van der Waals surface area (Å²) in [5.41, 5.74) is -0.147. The number of aliphatic hydroxyl groups excluding tert-OH is 1. The van der Waals surface area contributed by atoms with Crippen LogP contribution in [0.4, 0.5) is 0 Å². The summed E-state index contributed by atoms with van der Waals surface area (Å²) in [6, 6.07) is 0. The lowest BCUT2D eigenvalue weighted by Gasteiger charge is -2.37. The van der Waals surface area contributed by atoms with E-state index in [1.54, 1.807) is 0 Å². The molecule has 0 aromatic rings. The normalized spacial score (nSPS) is 43.9. The smallest absolute Gasteiger partial charge is 0.152 e. The quantitative estimate of drug-likeness (QED) is 0.540. The Balaban J connectivity index is 2.17. The Morgan fingerprint density at radius 3 is 2.69 bits per heavy atom. The predicted octanol–water partition coefficient (Wildman–Crippen LogP) is -0.854. The molecule has 2 heterocycles. The highest BCUT2D eigenvalue weighted by atomic mass is 32.2. The summed E-state index contributed by atoms with van der Waals surface area (Å²) in [6.07, 6.45) is 0.856. The largest absolute Gasteiger partial charge is 0.391 e. The van der Waals surface area contributed by atoms with Crippen LogP contribution in [-0.2, 0) is 9.84 Å². The standard InChI is InChI=1S/C8H15NO3S/c10-7-5-13(11,12)4-2-8(7)1-3-9-6-8/h7,9-10H,1-6H2. The topological polar surface area (TPSA) is 66.4 Å². The molecule has 2 aliphatic heterocycles. The first kappa shape index (κ1) is 9.43. The van der Waals surface area contributed by atoms with E-state index in [9.17, 15) is 13.5 Å². The minimum atomic E-state index is -2.97. The molecule has 1 spiro atoms. The van der Waals surface area contributed by atoms with Crippen molar-refractivity contribution in [2.45, 2.75) is 18.9 Å². The Bertz CT molecular complexity index is 293. The van der Waals surface area contributed by atoms with Gasteiger partial charge in [0.15, 0.2) is 9.84 Å². The third-order valence-electron chi connectivity index (χ3n) is 3.31. The summed E-state index contributed by atoms with van der Waals surface area (Å²) in [7, 11) is -2.97. The highest BCUT2D eigenvalue weighted by Crippen LogP contribution is 2.37. The van der Waals surface area contributed by atoms with E-state index in [-0.39, 0.29) is 16.9 Å². The molecule has 2 unspecified atom stereocenters. The third-order valence-corrected chi connectivity index (χ3v) is 4.96. The fourth-order valence-electron chi connectivity index (χ4n) is 2.29. The van der Waals surface area contributed by atoms with Gasteiger partial charge >= 0.3 is 0 Å². The summed E-state index contributed by atoms with van der Waals surface area (Å²) in [4.78, 5) is 0. The fraction of sp³-hybridized carbons (Fsp3) is 1.00. The molecule has 0 amide bonds. The maximum absolute atomic E-state index is 11.2. The molecule has 2 atom stereocenters. The molecule has 0 aliphatic carbocycles. The number of aliphatic hydroxyl groups is 1. The van der Waals surface area contributed by atoms with Gasteiger partial charge < -0.3 is 10.4 Å². The van der Waals surface area contributed by atoms with E-state index in [4.69, 9.17) is 0 Å². The van der Waals surface area contributed by atoms with Crippen molar-refractivity contribution >= 4 is 9.84 Å². The average molecular weight is 205 g/mol. The van der Waals surface area contributed by atoms with Gasteiger partial charge in [-0.05, 0) is 19.4 Å². The van der Waals surface area contributed by atoms with E-state index < -0.39 is 15.9 Å². The second-order valence-electron chi connectivity index (χ2n) is 4.17. The van der Waals surface area contributed by atoms with Gasteiger partial charge in [-0.25, -0.2) is 8.42 Å². The lowest BCUT2D eigenvalue weighted by Crippen LogP contribution is -2.47. The molecular weight excluding hydrogens is 190 g/mol. The molecule has 4 nitrogen and oxygen atoms in total. The van der Waals surface area contributed by atoms with Crippen molar-refractivity contribution < 1.29 is 13.5 Å². The van der Waals surface area contributed by atoms with E-state index in [0.717, 1.165) is 19.5 Å². The lowest BCUT2D eigenvalue weighted by atomic mass is 9.79. The van der Waals surface area contributed by atoms with Crippen LogP contribution < -0.4 is 5.32 Å². The number of sulfone groups is 1. The van der Waals surface area contributed by atoms with Gasteiger partial charge in [0.05, 0.1) is 17.6 Å². The minimum Gasteiger partial charge on any atom is -0.391 e. The molecule has 13 heavy (non-hydrogen) atoms. The van der Waals surface area contributed by atoms with Gasteiger partial charge in [0, 0.05) is 12.0 Å². The zero-order chi connectivity index (χ0) is 9.53. The SMILES string of the molecule is O=S1(=O)CCC2(CCNC2)C(O)C1. The summed E-state index contributed by atoms with van der Waals surface area (Å²) in [5, 5.41) is 13.0. The molecule has 2 aliphatic rings. The molecule has 0 saturated carbocycles. The van der Waals surface area contributed by atoms with Crippen molar-refractivity contribution in [3.8, 4) is 0 Å². The van der Waals surface area contributed by atoms with Crippen LogP contribution in [0.5, 0.6) is 0 Å². The first-order valence-corrected chi connectivity index (χ1v) is 6.45. The number of rotatable bonds is 0. The Kier molecular flexibility index (Phi) is 2.13. The van der Waals surface area contributed by atoms with Crippen LogP contribution in [0, 0.1) is 5.41 Å². The molecule has 2 fully saturated rings. The minimum absolute atomic E-state index is 0.0469. The van der Waals surface area contributed by atoms with Crippen LogP contribution >= 0.6 is 0 Å². The number of nitrogens with one attached hydrogen (secondary N) is 1. The maximum atomic E-state index is 11.2. The molecule has 76 valence electrons. The van der Waals surface area contributed by atoms with Crippen LogP contribution in [0.25, 0.3) is 0 Å². The van der Waals surface area contributed by atoms with Crippen molar-refractivity contribution in [1.29, 1.82) is 0 Å². The summed E-state index contributed by atoms with van der Waals surface area (Å²) < 4.78 is 22.4. The van der Waals surface area contributed by atoms with E-state index in [2.05, 4.69) is 5.32 Å². The molecule has 5 heteroatoms. The number of hydrogen-bond acceptors (Lipinski definition) is 4. The first-order valence-electron chi connectivity index (χ1n) is 4.63. The van der Waals surface area contributed by atoms with Crippen LogP contribution in [0.1, 0.15) is 12.8 Å². The van der Waals surface area contributed by atoms with E-state index >= 15 is 0 Å². The monoisotopic (exact) mass is 205 g/mol. The molecule has 0 aromatic carbocycles. The van der Waals surface area contributed by atoms with E-state index in [1.807, 2.05) is 0 Å². The Labute approximate surface area is 78.3 Å². The van der Waals surface area contributed by atoms with Crippen LogP contribution in [0.3, 0.4) is 0 Å². The molecule has 2 saturated heterocycles. The molecule has 0 radical (unpaired) electrons. The van der Waals surface area contributed by atoms with Gasteiger partial charge in [0.2, 0.25) is 0 Å². The number of hydrogen-bond donors (Lipinski definition) is 2. The van der Waals surface area contributed by atoms with Gasteiger partial charge in [-0.3, -0.25) is 0 Å². The zero-order valence-electron chi connectivity index (χ0n) is 7.49. The molecule has 2 rings (SSSR count). The first-order chi connectivity index (χ1) is 6.04. The molecule has 0 aromatic heterocycles. The average Bonchev–Trinajstić information content (AvgIpc) is 2.47. The van der Waals surface area contributed by atoms with Crippen LogP contribution in [-0.4, -0.2) is 44.2 Å². The molecule has 2 N–H and O–H groups in total. The Morgan fingerprint density at radius 1 is 1.38 bits per heavy atom. The molecule has 0 bridgehead atoms. The Hall–Kier alpha value is -0.130. The van der Waals surface area contributed by atoms with Crippen molar-refractivity contribution in [3.05, 3.63) is 0 Å². The highest BCUT2D eigenvalue weighted by Gasteiger charge is 2.46. The van der Waals surface area contributed by atoms with Crippen LogP contribution in [0.2, 0.25) is 0 Å². The van der Waals surface area contributed by atoms with Crippen molar-refractivity contribution in [3.63, 3.8) is 0 Å². The Morgan fingerprint density at radius 2 is 2.15 bits per heavy atom. The van der Waals surface area contributed by atoms with Gasteiger partial charge in [0.1, 0.15) is 0 Å². The maximum Gasteiger partial charge on any atom is 0.152 e. The van der Waals surface area contributed by atoms with Crippen LogP contribution in [0.15, 0.2) is 0 Å². The van der Waals surface area contributed by atoms with Gasteiger partial charge in [-0.15, -0.1) is 0 Å². The van der Waals surface area contributed by atoms with Crippen molar-refractivity contribution in [1.82, 2.24) is 5.32 Å². The third kappa shape index (κ3) is 1.60. The second-order valence-corrected chi connectivity index (χ2v) is 6.40. The molecular formula is C8H15NO3S. The lowest BCUT2D eigenvalue weighted by molar-refractivity contribution is 0.0478. The summed E-state index contributed by atoms with van der Waals surface area (Å²) in [5.74, 6) is 0.195. The summed E-state index contributed by atoms with van der Waals surface area (Å²) in [6.45, 7) is 1.67. The highest BCUT2D eigenvalue weighted by molar-refractivity contribution is 7.91.